The second-order valence-corrected chi connectivity index (χ2v) is 9.09. The Bertz CT molecular complexity index is 1260. The van der Waals surface area contributed by atoms with Gasteiger partial charge in [0.15, 0.2) is 17.3 Å². The number of rotatable bonds is 9. The van der Waals surface area contributed by atoms with Crippen molar-refractivity contribution in [3.8, 4) is 17.2 Å². The van der Waals surface area contributed by atoms with Crippen LogP contribution in [0.2, 0.25) is 0 Å². The van der Waals surface area contributed by atoms with Crippen LogP contribution in [0.3, 0.4) is 0 Å². The van der Waals surface area contributed by atoms with Crippen LogP contribution in [0.5, 0.6) is 17.2 Å². The molecular formula is C26H27N2NaO6S. The number of hydrogen-bond acceptors (Lipinski definition) is 9. The Kier molecular flexibility index (Phi) is 9.90. The van der Waals surface area contributed by atoms with Crippen molar-refractivity contribution in [2.45, 2.75) is 38.5 Å². The van der Waals surface area contributed by atoms with Crippen LogP contribution in [0.15, 0.2) is 35.9 Å². The summed E-state index contributed by atoms with van der Waals surface area (Å²) in [4.78, 5) is 26.5. The molecule has 10 heteroatoms. The summed E-state index contributed by atoms with van der Waals surface area (Å²) >= 11 is 1.05. The summed E-state index contributed by atoms with van der Waals surface area (Å²) in [5.74, 6) is -0.617. The molecule has 4 rings (SSSR count). The maximum Gasteiger partial charge on any atom is 1.00 e. The van der Waals surface area contributed by atoms with Gasteiger partial charge in [0.05, 0.1) is 39.0 Å². The number of carboxylic acids is 1. The van der Waals surface area contributed by atoms with Gasteiger partial charge in [0.25, 0.3) is 0 Å². The van der Waals surface area contributed by atoms with Crippen LogP contribution < -0.4 is 48.9 Å². The number of Topliss-reactive ketones (excluding diaryl/α,β-unsaturated/α-hetero) is 1. The molecule has 0 atom stereocenters. The summed E-state index contributed by atoms with van der Waals surface area (Å²) in [7, 11) is 4.41. The number of carboxylic acid groups (broad SMARTS) is 1. The number of benzene rings is 2. The largest absolute Gasteiger partial charge is 1.00 e. The van der Waals surface area contributed by atoms with Crippen LogP contribution in [-0.4, -0.2) is 41.8 Å². The molecule has 0 radical (unpaired) electrons. The molecule has 1 aliphatic rings. The molecule has 8 nitrogen and oxygen atoms in total. The van der Waals surface area contributed by atoms with E-state index >= 15 is 0 Å². The Labute approximate surface area is 236 Å². The minimum Gasteiger partial charge on any atom is -0.545 e. The van der Waals surface area contributed by atoms with E-state index in [2.05, 4.69) is 8.75 Å². The topological polar surface area (TPSA) is 111 Å². The van der Waals surface area contributed by atoms with Gasteiger partial charge in [0.2, 0.25) is 5.75 Å². The van der Waals surface area contributed by atoms with E-state index < -0.39 is 11.8 Å². The van der Waals surface area contributed by atoms with Crippen molar-refractivity contribution in [1.82, 2.24) is 8.75 Å². The van der Waals surface area contributed by atoms with E-state index in [0.717, 1.165) is 43.8 Å². The summed E-state index contributed by atoms with van der Waals surface area (Å²) < 4.78 is 24.6. The van der Waals surface area contributed by atoms with Gasteiger partial charge >= 0.3 is 29.6 Å². The number of ether oxygens (including phenoxy) is 3. The van der Waals surface area contributed by atoms with Crippen LogP contribution in [0.25, 0.3) is 16.6 Å². The molecule has 3 aromatic rings. The molecule has 0 bridgehead atoms. The van der Waals surface area contributed by atoms with Gasteiger partial charge in [-0.15, -0.1) is 0 Å². The number of carbonyl (C=O) groups excluding carboxylic acids is 2. The van der Waals surface area contributed by atoms with Gasteiger partial charge in [-0.3, -0.25) is 4.79 Å². The first-order valence-electron chi connectivity index (χ1n) is 11.5. The zero-order valence-electron chi connectivity index (χ0n) is 21.0. The smallest absolute Gasteiger partial charge is 0.545 e. The monoisotopic (exact) mass is 518 g/mol. The third kappa shape index (κ3) is 5.91. The minimum absolute atomic E-state index is 0. The van der Waals surface area contributed by atoms with Crippen LogP contribution in [0, 0.1) is 5.92 Å². The predicted octanol–water partition coefficient (Wildman–Crippen LogP) is 1.08. The maximum absolute atomic E-state index is 14.0. The van der Waals surface area contributed by atoms with Gasteiger partial charge in [-0.1, -0.05) is 38.2 Å². The summed E-state index contributed by atoms with van der Waals surface area (Å²) in [5, 5.41) is 12.5. The van der Waals surface area contributed by atoms with Crippen LogP contribution in [0.1, 0.15) is 54.4 Å². The second-order valence-electron chi connectivity index (χ2n) is 8.56. The molecule has 1 aliphatic carbocycles. The van der Waals surface area contributed by atoms with E-state index in [-0.39, 0.29) is 52.2 Å². The molecule has 0 spiro atoms. The van der Waals surface area contributed by atoms with Gasteiger partial charge < -0.3 is 24.1 Å². The predicted molar refractivity (Wildman–Crippen MR) is 131 cm³/mol. The first kappa shape index (κ1) is 28.1. The van der Waals surface area contributed by atoms with Crippen molar-refractivity contribution >= 4 is 40.1 Å². The molecule has 1 fully saturated rings. The molecular weight excluding hydrogens is 491 g/mol. The molecule has 1 aromatic heterocycles. The van der Waals surface area contributed by atoms with Crippen LogP contribution in [-0.2, 0) is 4.79 Å². The SMILES string of the molecule is COc1cc(C(=O)/C(CC2CCCCC2)=C(/C(=O)[O-])c2ccc3nsnc3c2)cc(OC)c1OC.[Na+]. The maximum atomic E-state index is 14.0. The molecule has 1 heterocycles. The quantitative estimate of drug-likeness (QED) is 0.235. The van der Waals surface area contributed by atoms with E-state index in [1.165, 1.54) is 21.3 Å². The van der Waals surface area contributed by atoms with Crippen molar-refractivity contribution in [3.63, 3.8) is 0 Å². The Hall–Kier alpha value is -2.46. The Morgan fingerprint density at radius 3 is 2.14 bits per heavy atom. The number of hydrogen-bond donors (Lipinski definition) is 0. The molecule has 0 aliphatic heterocycles. The second kappa shape index (κ2) is 12.7. The van der Waals surface area contributed by atoms with E-state index in [4.69, 9.17) is 14.2 Å². The number of methoxy groups -OCH3 is 3. The molecule has 2 aromatic carbocycles. The number of allylic oxidation sites excluding steroid dienone is 1. The van der Waals surface area contributed by atoms with Gasteiger partial charge in [-0.05, 0) is 42.2 Å². The molecule has 36 heavy (non-hydrogen) atoms. The van der Waals surface area contributed by atoms with Crippen molar-refractivity contribution in [1.29, 1.82) is 0 Å². The summed E-state index contributed by atoms with van der Waals surface area (Å²) in [5.41, 5.74) is 1.94. The fourth-order valence-corrected chi connectivity index (χ4v) is 5.24. The molecule has 0 saturated heterocycles. The molecule has 1 saturated carbocycles. The van der Waals surface area contributed by atoms with Gasteiger partial charge in [-0.2, -0.15) is 8.75 Å². The Morgan fingerprint density at radius 2 is 1.56 bits per heavy atom. The zero-order valence-corrected chi connectivity index (χ0v) is 23.8. The number of aliphatic carboxylic acids is 1. The summed E-state index contributed by atoms with van der Waals surface area (Å²) in [6, 6.07) is 8.10. The van der Waals surface area contributed by atoms with Crippen LogP contribution in [0.4, 0.5) is 0 Å². The molecule has 0 unspecified atom stereocenters. The summed E-state index contributed by atoms with van der Waals surface area (Å²) in [6.45, 7) is 0. The summed E-state index contributed by atoms with van der Waals surface area (Å²) in [6.07, 6.45) is 5.51. The van der Waals surface area contributed by atoms with Crippen LogP contribution >= 0.6 is 11.7 Å². The minimum atomic E-state index is -1.40. The number of fused-ring (bicyclic) bond motifs is 1. The first-order chi connectivity index (χ1) is 17.0. The average Bonchev–Trinajstić information content (AvgIpc) is 3.35. The molecule has 0 amide bonds. The fraction of sp³-hybridized carbons (Fsp3) is 0.385. The van der Waals surface area contributed by atoms with Gasteiger partial charge in [0, 0.05) is 16.7 Å². The Morgan fingerprint density at radius 1 is 0.917 bits per heavy atom. The number of ketones is 1. The number of aromatic nitrogens is 2. The van der Waals surface area contributed by atoms with Gasteiger partial charge in [0.1, 0.15) is 11.0 Å². The Balaban J connectivity index is 0.00000361. The third-order valence-corrected chi connectivity index (χ3v) is 7.02. The fourth-order valence-electron chi connectivity index (χ4n) is 4.73. The molecule has 0 N–H and O–H groups in total. The van der Waals surface area contributed by atoms with Crippen molar-refractivity contribution < 1.29 is 58.5 Å². The van der Waals surface area contributed by atoms with Crippen molar-refractivity contribution in [2.24, 2.45) is 5.92 Å². The number of nitrogens with zero attached hydrogens (tertiary/aromatic N) is 2. The third-order valence-electron chi connectivity index (χ3n) is 6.47. The molecule has 184 valence electrons. The standard InChI is InChI=1S/C26H28N2O6S.Na/c1-32-21-13-17(14-22(33-2)25(21)34-3)24(29)18(11-15-7-5-4-6-8-15)23(26(30)31)16-9-10-19-20(12-16)28-35-27-19;/h9-10,12-15H,4-8,11H2,1-3H3,(H,30,31);/q;+1/p-1/b23-18+;. The average molecular weight is 519 g/mol. The van der Waals surface area contributed by atoms with E-state index in [9.17, 15) is 14.7 Å². The van der Waals surface area contributed by atoms with Crippen molar-refractivity contribution in [3.05, 3.63) is 47.0 Å². The van der Waals surface area contributed by atoms with Crippen molar-refractivity contribution in [2.75, 3.05) is 21.3 Å². The zero-order chi connectivity index (χ0) is 24.9. The van der Waals surface area contributed by atoms with E-state index in [0.29, 0.717) is 40.3 Å². The van der Waals surface area contributed by atoms with E-state index in [1.807, 2.05) is 0 Å². The van der Waals surface area contributed by atoms with E-state index in [1.54, 1.807) is 30.3 Å². The van der Waals surface area contributed by atoms with Gasteiger partial charge in [-0.25, -0.2) is 0 Å². The first-order valence-corrected chi connectivity index (χ1v) is 12.2. The number of carbonyl (C=O) groups is 2. The normalized spacial score (nSPS) is 14.5.